The molecule has 0 aromatic carbocycles. The van der Waals surface area contributed by atoms with Crippen molar-refractivity contribution < 1.29 is 9.53 Å². The van der Waals surface area contributed by atoms with Gasteiger partial charge in [-0.25, -0.2) is 4.79 Å². The molecule has 0 saturated carbocycles. The molecule has 2 N–H and O–H groups in total. The molecule has 5 heteroatoms. The van der Waals surface area contributed by atoms with Gasteiger partial charge in [0.2, 0.25) is 0 Å². The zero-order valence-corrected chi connectivity index (χ0v) is 12.8. The lowest BCUT2D eigenvalue weighted by atomic mass is 9.96. The molecule has 104 valence electrons. The van der Waals surface area contributed by atoms with E-state index in [1.54, 1.807) is 0 Å². The number of hydrogen-bond donors (Lipinski definition) is 2. The average molecular weight is 270 g/mol. The van der Waals surface area contributed by atoms with Crippen LogP contribution in [0.25, 0.3) is 0 Å². The highest BCUT2D eigenvalue weighted by Gasteiger charge is 2.41. The fourth-order valence-corrected chi connectivity index (χ4v) is 4.07. The van der Waals surface area contributed by atoms with Crippen molar-refractivity contribution in [3.8, 4) is 0 Å². The standard InChI is InChI=1S/C13H26N2O2Si/c1-18(2,3)8-4-7-14-13(16)15-11-9-10-5-6-12(11)17-10/h10-12H,4-9H2,1-3H3,(H2,14,15,16)/t10-,11-,12+/m1/s1. The number of ether oxygens (including phenoxy) is 1. The maximum absolute atomic E-state index is 11.7. The van der Waals surface area contributed by atoms with E-state index in [9.17, 15) is 4.79 Å². The van der Waals surface area contributed by atoms with Crippen LogP contribution in [0.1, 0.15) is 25.7 Å². The molecule has 2 aliphatic heterocycles. The summed E-state index contributed by atoms with van der Waals surface area (Å²) in [4.78, 5) is 11.7. The van der Waals surface area contributed by atoms with E-state index in [0.29, 0.717) is 6.10 Å². The van der Waals surface area contributed by atoms with Crippen LogP contribution >= 0.6 is 0 Å². The van der Waals surface area contributed by atoms with Gasteiger partial charge in [0.15, 0.2) is 0 Å². The maximum atomic E-state index is 11.7. The first-order valence-electron chi connectivity index (χ1n) is 7.14. The van der Waals surface area contributed by atoms with Crippen LogP contribution in [0.2, 0.25) is 25.7 Å². The molecule has 2 fully saturated rings. The van der Waals surface area contributed by atoms with Gasteiger partial charge < -0.3 is 15.4 Å². The number of rotatable bonds is 5. The zero-order chi connectivity index (χ0) is 13.2. The van der Waals surface area contributed by atoms with Gasteiger partial charge >= 0.3 is 6.03 Å². The molecule has 0 spiro atoms. The Bertz CT molecular complexity index is 304. The summed E-state index contributed by atoms with van der Waals surface area (Å²) in [5.74, 6) is 0. The Balaban J connectivity index is 1.58. The first-order valence-corrected chi connectivity index (χ1v) is 10.8. The predicted octanol–water partition coefficient (Wildman–Crippen LogP) is 2.33. The highest BCUT2D eigenvalue weighted by molar-refractivity contribution is 6.76. The minimum atomic E-state index is -0.968. The number of urea groups is 1. The van der Waals surface area contributed by atoms with Crippen molar-refractivity contribution in [2.75, 3.05) is 6.54 Å². The second-order valence-corrected chi connectivity index (χ2v) is 12.4. The largest absolute Gasteiger partial charge is 0.373 e. The Labute approximate surface area is 111 Å². The second-order valence-electron chi connectivity index (χ2n) is 6.78. The molecule has 2 aliphatic rings. The Morgan fingerprint density at radius 1 is 1.33 bits per heavy atom. The molecule has 3 atom stereocenters. The lowest BCUT2D eigenvalue weighted by molar-refractivity contribution is 0.0981. The minimum Gasteiger partial charge on any atom is -0.373 e. The lowest BCUT2D eigenvalue weighted by Gasteiger charge is -2.20. The number of amides is 2. The van der Waals surface area contributed by atoms with Gasteiger partial charge in [-0.3, -0.25) is 0 Å². The molecular weight excluding hydrogens is 244 g/mol. The molecular formula is C13H26N2O2Si. The third kappa shape index (κ3) is 3.98. The Morgan fingerprint density at radius 3 is 2.67 bits per heavy atom. The fourth-order valence-electron chi connectivity index (χ4n) is 2.83. The number of nitrogens with one attached hydrogen (secondary N) is 2. The van der Waals surface area contributed by atoms with Crippen LogP contribution in [-0.2, 0) is 4.74 Å². The SMILES string of the molecule is C[Si](C)(C)CCCNC(=O)N[C@@H]1C[C@H]2CC[C@@H]1O2. The average Bonchev–Trinajstić information content (AvgIpc) is 2.85. The van der Waals surface area contributed by atoms with E-state index < -0.39 is 8.07 Å². The summed E-state index contributed by atoms with van der Waals surface area (Å²) in [5, 5.41) is 6.00. The molecule has 2 bridgehead atoms. The molecule has 0 aromatic heterocycles. The molecule has 18 heavy (non-hydrogen) atoms. The van der Waals surface area contributed by atoms with Crippen LogP contribution in [0.3, 0.4) is 0 Å². The van der Waals surface area contributed by atoms with Crippen molar-refractivity contribution in [1.82, 2.24) is 10.6 Å². The molecule has 0 aliphatic carbocycles. The van der Waals surface area contributed by atoms with Crippen molar-refractivity contribution in [3.63, 3.8) is 0 Å². The van der Waals surface area contributed by atoms with Gasteiger partial charge in [0.1, 0.15) is 0 Å². The second kappa shape index (κ2) is 5.61. The van der Waals surface area contributed by atoms with E-state index in [1.807, 2.05) is 0 Å². The smallest absolute Gasteiger partial charge is 0.315 e. The summed E-state index contributed by atoms with van der Waals surface area (Å²) in [6.07, 6.45) is 5.02. The molecule has 2 amide bonds. The molecule has 4 nitrogen and oxygen atoms in total. The topological polar surface area (TPSA) is 50.4 Å². The van der Waals surface area contributed by atoms with Crippen LogP contribution in [0.5, 0.6) is 0 Å². The summed E-state index contributed by atoms with van der Waals surface area (Å²) in [6, 6.07) is 1.48. The van der Waals surface area contributed by atoms with Crippen molar-refractivity contribution in [3.05, 3.63) is 0 Å². The quantitative estimate of drug-likeness (QED) is 0.595. The number of hydrogen-bond acceptors (Lipinski definition) is 2. The number of carbonyl (C=O) groups excluding carboxylic acids is 1. The molecule has 2 rings (SSSR count). The zero-order valence-electron chi connectivity index (χ0n) is 11.8. The predicted molar refractivity (Wildman–Crippen MR) is 75.6 cm³/mol. The third-order valence-corrected chi connectivity index (χ3v) is 5.67. The lowest BCUT2D eigenvalue weighted by Crippen LogP contribution is -2.46. The maximum Gasteiger partial charge on any atom is 0.315 e. The Morgan fingerprint density at radius 2 is 2.11 bits per heavy atom. The minimum absolute atomic E-state index is 0.0216. The summed E-state index contributed by atoms with van der Waals surface area (Å²) in [7, 11) is -0.968. The van der Waals surface area contributed by atoms with Crippen LogP contribution in [0.4, 0.5) is 4.79 Å². The van der Waals surface area contributed by atoms with Crippen molar-refractivity contribution >= 4 is 14.1 Å². The Kier molecular flexibility index (Phi) is 4.32. The molecule has 0 unspecified atom stereocenters. The summed E-state index contributed by atoms with van der Waals surface area (Å²) in [5.41, 5.74) is 0. The van der Waals surface area contributed by atoms with Gasteiger partial charge in [-0.15, -0.1) is 0 Å². The van der Waals surface area contributed by atoms with Gasteiger partial charge in [-0.2, -0.15) is 0 Å². The van der Waals surface area contributed by atoms with Crippen LogP contribution in [0.15, 0.2) is 0 Å². The highest BCUT2D eigenvalue weighted by atomic mass is 28.3. The van der Waals surface area contributed by atoms with E-state index in [0.717, 1.165) is 25.8 Å². The summed E-state index contributed by atoms with van der Waals surface area (Å²) < 4.78 is 5.72. The van der Waals surface area contributed by atoms with E-state index in [-0.39, 0.29) is 18.2 Å². The van der Waals surface area contributed by atoms with Gasteiger partial charge in [-0.1, -0.05) is 25.7 Å². The molecule has 2 saturated heterocycles. The van der Waals surface area contributed by atoms with Crippen LogP contribution in [0, 0.1) is 0 Å². The van der Waals surface area contributed by atoms with Crippen LogP contribution < -0.4 is 10.6 Å². The molecule has 0 radical (unpaired) electrons. The van der Waals surface area contributed by atoms with E-state index in [4.69, 9.17) is 4.74 Å². The Hall–Kier alpha value is -0.553. The van der Waals surface area contributed by atoms with E-state index in [1.165, 1.54) is 12.5 Å². The summed E-state index contributed by atoms with van der Waals surface area (Å²) >= 11 is 0. The van der Waals surface area contributed by atoms with Gasteiger partial charge in [-0.05, 0) is 25.7 Å². The van der Waals surface area contributed by atoms with Gasteiger partial charge in [0.25, 0.3) is 0 Å². The molecule has 2 heterocycles. The molecule has 0 aromatic rings. The van der Waals surface area contributed by atoms with Crippen molar-refractivity contribution in [1.29, 1.82) is 0 Å². The highest BCUT2D eigenvalue weighted by Crippen LogP contribution is 2.34. The fraction of sp³-hybridized carbons (Fsp3) is 0.923. The summed E-state index contributed by atoms with van der Waals surface area (Å²) in [6.45, 7) is 7.87. The normalized spacial score (nSPS) is 30.5. The number of carbonyl (C=O) groups is 1. The third-order valence-electron chi connectivity index (χ3n) is 3.81. The number of fused-ring (bicyclic) bond motifs is 2. The van der Waals surface area contributed by atoms with Gasteiger partial charge in [0, 0.05) is 14.6 Å². The van der Waals surface area contributed by atoms with E-state index in [2.05, 4.69) is 30.3 Å². The first kappa shape index (κ1) is 13.9. The van der Waals surface area contributed by atoms with Crippen molar-refractivity contribution in [2.45, 2.75) is 69.6 Å². The first-order chi connectivity index (χ1) is 8.44. The van der Waals surface area contributed by atoms with Gasteiger partial charge in [0.05, 0.1) is 18.2 Å². The monoisotopic (exact) mass is 270 g/mol. The van der Waals surface area contributed by atoms with Crippen molar-refractivity contribution in [2.24, 2.45) is 0 Å². The van der Waals surface area contributed by atoms with Crippen LogP contribution in [-0.4, -0.2) is 38.9 Å². The van der Waals surface area contributed by atoms with E-state index >= 15 is 0 Å².